The van der Waals surface area contributed by atoms with Crippen molar-refractivity contribution >= 4 is 23.2 Å². The van der Waals surface area contributed by atoms with Gasteiger partial charge in [0.2, 0.25) is 11.8 Å². The molecule has 2 aliphatic heterocycles. The molecule has 0 unspecified atom stereocenters. The van der Waals surface area contributed by atoms with Crippen molar-refractivity contribution < 1.29 is 9.59 Å². The van der Waals surface area contributed by atoms with Crippen LogP contribution >= 0.6 is 0 Å². The van der Waals surface area contributed by atoms with Crippen molar-refractivity contribution in [2.24, 2.45) is 0 Å². The molecule has 1 N–H and O–H groups in total. The second-order valence-electron chi connectivity index (χ2n) is 7.44. The lowest BCUT2D eigenvalue weighted by Gasteiger charge is -2.31. The zero-order valence-electron chi connectivity index (χ0n) is 16.0. The van der Waals surface area contributed by atoms with Gasteiger partial charge in [-0.2, -0.15) is 0 Å². The Balaban J connectivity index is 1.36. The van der Waals surface area contributed by atoms with E-state index in [2.05, 4.69) is 39.4 Å². The Bertz CT molecular complexity index is 839. The maximum atomic E-state index is 13.0. The minimum absolute atomic E-state index is 0.0150. The monoisotopic (exact) mass is 378 g/mol. The summed E-state index contributed by atoms with van der Waals surface area (Å²) in [6, 6.07) is 18.0. The average molecular weight is 378 g/mol. The SMILES string of the molecule is O=C1CN(C(=O)CN2CCCN(Cc3ccccc3)CC2)c2ccccc2N1. The molecule has 2 aromatic rings. The van der Waals surface area contributed by atoms with Crippen molar-refractivity contribution in [3.05, 3.63) is 60.2 Å². The van der Waals surface area contributed by atoms with Crippen molar-refractivity contribution in [3.63, 3.8) is 0 Å². The summed E-state index contributed by atoms with van der Waals surface area (Å²) in [5.41, 5.74) is 2.81. The molecule has 0 atom stereocenters. The first-order chi connectivity index (χ1) is 13.7. The number of nitrogens with zero attached hydrogens (tertiary/aromatic N) is 3. The second kappa shape index (κ2) is 8.54. The first-order valence-corrected chi connectivity index (χ1v) is 9.87. The number of carbonyl (C=O) groups is 2. The van der Waals surface area contributed by atoms with Crippen LogP contribution in [0.5, 0.6) is 0 Å². The maximum absolute atomic E-state index is 13.0. The van der Waals surface area contributed by atoms with Crippen molar-refractivity contribution in [2.75, 3.05) is 49.5 Å². The van der Waals surface area contributed by atoms with Gasteiger partial charge in [0.15, 0.2) is 0 Å². The van der Waals surface area contributed by atoms with Crippen LogP contribution < -0.4 is 10.2 Å². The van der Waals surface area contributed by atoms with E-state index in [1.165, 1.54) is 5.56 Å². The Morgan fingerprint density at radius 2 is 1.61 bits per heavy atom. The van der Waals surface area contributed by atoms with Crippen molar-refractivity contribution in [2.45, 2.75) is 13.0 Å². The largest absolute Gasteiger partial charge is 0.323 e. The van der Waals surface area contributed by atoms with Crippen LogP contribution in [-0.2, 0) is 16.1 Å². The summed E-state index contributed by atoms with van der Waals surface area (Å²) in [4.78, 5) is 31.2. The van der Waals surface area contributed by atoms with E-state index in [-0.39, 0.29) is 18.4 Å². The molecule has 6 heteroatoms. The van der Waals surface area contributed by atoms with E-state index in [0.717, 1.165) is 44.8 Å². The zero-order valence-corrected chi connectivity index (χ0v) is 16.0. The predicted molar refractivity (Wildman–Crippen MR) is 110 cm³/mol. The van der Waals surface area contributed by atoms with E-state index in [4.69, 9.17) is 0 Å². The van der Waals surface area contributed by atoms with Crippen LogP contribution in [0.25, 0.3) is 0 Å². The number of hydrogen-bond acceptors (Lipinski definition) is 4. The third kappa shape index (κ3) is 4.40. The molecule has 0 bridgehead atoms. The van der Waals surface area contributed by atoms with Crippen LogP contribution in [0.3, 0.4) is 0 Å². The standard InChI is InChI=1S/C22H26N4O2/c27-21-16-26(20-10-5-4-9-19(20)23-21)22(28)17-25-12-6-11-24(13-14-25)15-18-7-2-1-3-8-18/h1-5,7-10H,6,11-17H2,(H,23,27). The molecule has 0 radical (unpaired) electrons. The van der Waals surface area contributed by atoms with Gasteiger partial charge in [-0.15, -0.1) is 0 Å². The van der Waals surface area contributed by atoms with Gasteiger partial charge >= 0.3 is 0 Å². The van der Waals surface area contributed by atoms with Crippen molar-refractivity contribution in [1.29, 1.82) is 0 Å². The number of anilines is 2. The van der Waals surface area contributed by atoms with Gasteiger partial charge < -0.3 is 5.32 Å². The van der Waals surface area contributed by atoms with E-state index >= 15 is 0 Å². The topological polar surface area (TPSA) is 55.9 Å². The quantitative estimate of drug-likeness (QED) is 0.886. The molecule has 2 aromatic carbocycles. The summed E-state index contributed by atoms with van der Waals surface area (Å²) in [7, 11) is 0. The van der Waals surface area contributed by atoms with Crippen molar-refractivity contribution in [3.8, 4) is 0 Å². The highest BCUT2D eigenvalue weighted by Crippen LogP contribution is 2.29. The third-order valence-corrected chi connectivity index (χ3v) is 5.36. The van der Waals surface area contributed by atoms with Gasteiger partial charge in [0, 0.05) is 19.6 Å². The number of amides is 2. The molecule has 28 heavy (non-hydrogen) atoms. The van der Waals surface area contributed by atoms with E-state index < -0.39 is 0 Å². The molecular weight excluding hydrogens is 352 g/mol. The first-order valence-electron chi connectivity index (χ1n) is 9.87. The number of hydrogen-bond donors (Lipinski definition) is 1. The molecule has 1 fully saturated rings. The lowest BCUT2D eigenvalue weighted by molar-refractivity contribution is -0.122. The number of nitrogens with one attached hydrogen (secondary N) is 1. The minimum atomic E-state index is -0.142. The molecule has 0 aliphatic carbocycles. The summed E-state index contributed by atoms with van der Waals surface area (Å²) in [5.74, 6) is -0.157. The lowest BCUT2D eigenvalue weighted by Crippen LogP contribution is -2.47. The number of carbonyl (C=O) groups excluding carboxylic acids is 2. The highest BCUT2D eigenvalue weighted by atomic mass is 16.2. The third-order valence-electron chi connectivity index (χ3n) is 5.36. The molecule has 6 nitrogen and oxygen atoms in total. The van der Waals surface area contributed by atoms with E-state index in [1.807, 2.05) is 30.3 Å². The maximum Gasteiger partial charge on any atom is 0.244 e. The fourth-order valence-electron chi connectivity index (χ4n) is 3.91. The number of benzene rings is 2. The average Bonchev–Trinajstić information content (AvgIpc) is 2.93. The summed E-state index contributed by atoms with van der Waals surface area (Å²) >= 11 is 0. The molecule has 1 saturated heterocycles. The Morgan fingerprint density at radius 3 is 2.46 bits per heavy atom. The summed E-state index contributed by atoms with van der Waals surface area (Å²) < 4.78 is 0. The molecule has 2 amide bonds. The Kier molecular flexibility index (Phi) is 5.69. The minimum Gasteiger partial charge on any atom is -0.323 e. The Hall–Kier alpha value is -2.70. The van der Waals surface area contributed by atoms with Crippen LogP contribution in [0.1, 0.15) is 12.0 Å². The summed E-state index contributed by atoms with van der Waals surface area (Å²) in [6.45, 7) is 5.12. The molecule has 0 spiro atoms. The van der Waals surface area contributed by atoms with E-state index in [9.17, 15) is 9.59 Å². The Morgan fingerprint density at radius 1 is 0.893 bits per heavy atom. The fourth-order valence-corrected chi connectivity index (χ4v) is 3.91. The smallest absolute Gasteiger partial charge is 0.244 e. The summed E-state index contributed by atoms with van der Waals surface area (Å²) in [5, 5.41) is 2.83. The van der Waals surface area contributed by atoms with Gasteiger partial charge in [-0.25, -0.2) is 0 Å². The number of para-hydroxylation sites is 2. The molecular formula is C22H26N4O2. The van der Waals surface area contributed by atoms with Crippen LogP contribution in [0.15, 0.2) is 54.6 Å². The van der Waals surface area contributed by atoms with Crippen LogP contribution in [0, 0.1) is 0 Å². The van der Waals surface area contributed by atoms with Crippen LogP contribution in [0.4, 0.5) is 11.4 Å². The zero-order chi connectivity index (χ0) is 19.3. The van der Waals surface area contributed by atoms with Gasteiger partial charge in [-0.05, 0) is 37.2 Å². The lowest BCUT2D eigenvalue weighted by atomic mass is 10.2. The predicted octanol–water partition coefficient (Wildman–Crippen LogP) is 2.18. The molecule has 4 rings (SSSR count). The van der Waals surface area contributed by atoms with Gasteiger partial charge in [-0.3, -0.25) is 24.3 Å². The fraction of sp³-hybridized carbons (Fsp3) is 0.364. The van der Waals surface area contributed by atoms with Gasteiger partial charge in [0.05, 0.1) is 17.9 Å². The van der Waals surface area contributed by atoms with Gasteiger partial charge in [0.1, 0.15) is 6.54 Å². The molecule has 0 saturated carbocycles. The normalized spacial score (nSPS) is 18.3. The first kappa shape index (κ1) is 18.7. The van der Waals surface area contributed by atoms with Crippen LogP contribution in [0.2, 0.25) is 0 Å². The molecule has 2 aliphatic rings. The van der Waals surface area contributed by atoms with Gasteiger partial charge in [0.25, 0.3) is 0 Å². The number of fused-ring (bicyclic) bond motifs is 1. The van der Waals surface area contributed by atoms with Crippen molar-refractivity contribution in [1.82, 2.24) is 9.80 Å². The highest BCUT2D eigenvalue weighted by Gasteiger charge is 2.28. The van der Waals surface area contributed by atoms with E-state index in [1.54, 1.807) is 4.90 Å². The Labute approximate surface area is 165 Å². The second-order valence-corrected chi connectivity index (χ2v) is 7.44. The number of rotatable bonds is 4. The molecule has 146 valence electrons. The molecule has 0 aromatic heterocycles. The van der Waals surface area contributed by atoms with Crippen LogP contribution in [-0.4, -0.2) is 60.9 Å². The summed E-state index contributed by atoms with van der Waals surface area (Å²) in [6.07, 6.45) is 1.04. The molecule has 2 heterocycles. The van der Waals surface area contributed by atoms with Gasteiger partial charge in [-0.1, -0.05) is 42.5 Å². The highest BCUT2D eigenvalue weighted by molar-refractivity contribution is 6.10. The van der Waals surface area contributed by atoms with E-state index in [0.29, 0.717) is 12.2 Å².